The van der Waals surface area contributed by atoms with Crippen LogP contribution in [0, 0.1) is 29.6 Å². The van der Waals surface area contributed by atoms with Gasteiger partial charge in [-0.2, -0.15) is 0 Å². The van der Waals surface area contributed by atoms with Crippen LogP contribution in [0.2, 0.25) is 5.02 Å². The Morgan fingerprint density at radius 1 is 1.00 bits per heavy atom. The van der Waals surface area contributed by atoms with Gasteiger partial charge in [0.25, 0.3) is 5.91 Å². The maximum Gasteiger partial charge on any atom is 0.305 e. The molecule has 4 fully saturated rings. The number of thioether (sulfide) groups is 1. The van der Waals surface area contributed by atoms with Crippen LogP contribution in [0.3, 0.4) is 0 Å². The molecule has 2 bridgehead atoms. The standard InChI is InChI=1S/C32H29BrClN3O5S2/c33-15-4-7-17(8-5-15)37-30(39)25-19-13-20(26(25)31(37)40)27-24(19)23(28-29(43-27)35-32(41)44-28)18-12-16(34)6-9-21(18)42-14-22(38)36-10-2-1-3-11-36/h4-9,12,19-20,23-27H,1-3,10-11,13-14H2,(H,35,41)/t19-,20-,23-,24?,25?,26?,27?/m1/s1. The summed E-state index contributed by atoms with van der Waals surface area (Å²) in [7, 11) is 0. The first-order chi connectivity index (χ1) is 21.3. The second kappa shape index (κ2) is 11.0. The van der Waals surface area contributed by atoms with Gasteiger partial charge in [0.2, 0.25) is 11.8 Å². The molecule has 3 amide bonds. The van der Waals surface area contributed by atoms with Gasteiger partial charge in [0.1, 0.15) is 5.75 Å². The molecule has 8 nitrogen and oxygen atoms in total. The van der Waals surface area contributed by atoms with Crippen molar-refractivity contribution in [3.63, 3.8) is 0 Å². The van der Waals surface area contributed by atoms with E-state index >= 15 is 0 Å². The maximum absolute atomic E-state index is 14.0. The first-order valence-corrected chi connectivity index (χ1v) is 17.9. The predicted molar refractivity (Wildman–Crippen MR) is 173 cm³/mol. The molecule has 1 N–H and O–H groups in total. The van der Waals surface area contributed by atoms with Crippen LogP contribution in [0.5, 0.6) is 5.75 Å². The van der Waals surface area contributed by atoms with Crippen LogP contribution in [0.4, 0.5) is 5.69 Å². The third-order valence-corrected chi connectivity index (χ3v) is 13.5. The van der Waals surface area contributed by atoms with Crippen molar-refractivity contribution < 1.29 is 19.1 Å². The molecule has 1 aromatic heterocycles. The zero-order valence-electron chi connectivity index (χ0n) is 23.5. The summed E-state index contributed by atoms with van der Waals surface area (Å²) in [6, 6.07) is 12.7. The van der Waals surface area contributed by atoms with Crippen LogP contribution in [0.15, 0.2) is 56.8 Å². The molecule has 4 heterocycles. The van der Waals surface area contributed by atoms with E-state index in [1.807, 2.05) is 29.2 Å². The highest BCUT2D eigenvalue weighted by atomic mass is 79.9. The number of nitrogens with zero attached hydrogens (tertiary/aromatic N) is 2. The van der Waals surface area contributed by atoms with Gasteiger partial charge in [-0.05, 0) is 85.9 Å². The zero-order valence-corrected chi connectivity index (χ0v) is 27.5. The summed E-state index contributed by atoms with van der Waals surface area (Å²) in [6.07, 6.45) is 3.92. The summed E-state index contributed by atoms with van der Waals surface area (Å²) < 4.78 is 7.12. The molecule has 4 unspecified atom stereocenters. The number of thiazole rings is 1. The molecule has 2 aromatic carbocycles. The fourth-order valence-corrected chi connectivity index (χ4v) is 11.8. The minimum atomic E-state index is -0.415. The lowest BCUT2D eigenvalue weighted by molar-refractivity contribution is -0.134. The van der Waals surface area contributed by atoms with Crippen LogP contribution in [0.1, 0.15) is 42.0 Å². The van der Waals surface area contributed by atoms with Gasteiger partial charge < -0.3 is 14.6 Å². The molecule has 3 aliphatic heterocycles. The predicted octanol–water partition coefficient (Wildman–Crippen LogP) is 5.92. The van der Waals surface area contributed by atoms with Gasteiger partial charge in [-0.15, -0.1) is 11.8 Å². The number of amides is 3. The molecule has 0 radical (unpaired) electrons. The number of imide groups is 1. The quantitative estimate of drug-likeness (QED) is 0.330. The maximum atomic E-state index is 14.0. The summed E-state index contributed by atoms with van der Waals surface area (Å²) in [5, 5.41) is 1.38. The van der Waals surface area contributed by atoms with Crippen molar-refractivity contribution in [2.45, 2.75) is 41.9 Å². The molecule has 2 aliphatic carbocycles. The first-order valence-electron chi connectivity index (χ1n) is 15.0. The van der Waals surface area contributed by atoms with E-state index in [4.69, 9.17) is 16.3 Å². The number of ether oxygens (including phenoxy) is 1. The van der Waals surface area contributed by atoms with E-state index in [1.54, 1.807) is 30.0 Å². The van der Waals surface area contributed by atoms with Crippen LogP contribution in [-0.4, -0.2) is 52.6 Å². The van der Waals surface area contributed by atoms with E-state index in [0.717, 1.165) is 58.7 Å². The Kier molecular flexibility index (Phi) is 7.23. The van der Waals surface area contributed by atoms with Crippen molar-refractivity contribution in [2.75, 3.05) is 24.6 Å². The first kappa shape index (κ1) is 28.8. The number of piperidine rings is 1. The van der Waals surface area contributed by atoms with E-state index in [9.17, 15) is 19.2 Å². The summed E-state index contributed by atoms with van der Waals surface area (Å²) in [6.45, 7) is 1.41. The molecular weight excluding hydrogens is 686 g/mol. The fraction of sp³-hybridized carbons (Fsp3) is 0.438. The van der Waals surface area contributed by atoms with Crippen molar-refractivity contribution >= 4 is 74.0 Å². The number of halogens is 2. The van der Waals surface area contributed by atoms with Gasteiger partial charge >= 0.3 is 4.87 Å². The second-order valence-corrected chi connectivity index (χ2v) is 15.9. The summed E-state index contributed by atoms with van der Waals surface area (Å²) in [5.74, 6) is -0.858. The average molecular weight is 715 g/mol. The number of nitrogens with one attached hydrogen (secondary N) is 1. The highest BCUT2D eigenvalue weighted by molar-refractivity contribution is 9.10. The number of hydrogen-bond acceptors (Lipinski definition) is 7. The molecule has 5 aliphatic rings. The zero-order chi connectivity index (χ0) is 30.3. The van der Waals surface area contributed by atoms with E-state index < -0.39 is 5.92 Å². The molecule has 228 valence electrons. The number of aromatic nitrogens is 1. The van der Waals surface area contributed by atoms with Crippen LogP contribution < -0.4 is 14.5 Å². The summed E-state index contributed by atoms with van der Waals surface area (Å²) >= 11 is 12.9. The topological polar surface area (TPSA) is 99.8 Å². The molecule has 44 heavy (non-hydrogen) atoms. The average Bonchev–Trinajstić information content (AvgIpc) is 3.76. The fourth-order valence-electron chi connectivity index (χ4n) is 8.48. The van der Waals surface area contributed by atoms with Crippen molar-refractivity contribution in [3.05, 3.63) is 72.1 Å². The number of fused-ring (bicyclic) bond motifs is 9. The Labute approximate surface area is 275 Å². The van der Waals surface area contributed by atoms with E-state index in [0.29, 0.717) is 16.5 Å². The Morgan fingerprint density at radius 3 is 2.48 bits per heavy atom. The minimum absolute atomic E-state index is 0.000169. The van der Waals surface area contributed by atoms with E-state index in [1.165, 1.54) is 16.2 Å². The van der Waals surface area contributed by atoms with Crippen molar-refractivity contribution in [2.24, 2.45) is 29.6 Å². The monoisotopic (exact) mass is 713 g/mol. The largest absolute Gasteiger partial charge is 0.483 e. The van der Waals surface area contributed by atoms with Crippen molar-refractivity contribution in [3.8, 4) is 5.75 Å². The number of aromatic amines is 1. The van der Waals surface area contributed by atoms with Crippen LogP contribution >= 0.6 is 50.6 Å². The number of rotatable bonds is 5. The number of hydrogen-bond donors (Lipinski definition) is 1. The van der Waals surface area contributed by atoms with E-state index in [2.05, 4.69) is 20.9 Å². The third kappa shape index (κ3) is 4.52. The van der Waals surface area contributed by atoms with Crippen molar-refractivity contribution in [1.82, 2.24) is 9.88 Å². The Morgan fingerprint density at radius 2 is 1.73 bits per heavy atom. The van der Waals surface area contributed by atoms with Gasteiger partial charge in [0.05, 0.1) is 22.5 Å². The lowest BCUT2D eigenvalue weighted by atomic mass is 9.68. The highest BCUT2D eigenvalue weighted by Crippen LogP contribution is 2.69. The highest BCUT2D eigenvalue weighted by Gasteiger charge is 2.69. The molecule has 2 saturated heterocycles. The van der Waals surface area contributed by atoms with Gasteiger partial charge in [0, 0.05) is 44.2 Å². The molecule has 7 atom stereocenters. The second-order valence-electron chi connectivity index (χ2n) is 12.4. The molecule has 0 spiro atoms. The number of carbonyl (C=O) groups excluding carboxylic acids is 3. The SMILES string of the molecule is O=C(COc1ccc(Cl)cc1[C@H]1c2sc(=O)[nH]c2SC2C1[C@H]1C[C@@H]2C2C(=O)N(c3ccc(Br)cc3)C(=O)C21)N1CCCCC1. The van der Waals surface area contributed by atoms with Gasteiger partial charge in [-0.3, -0.25) is 24.1 Å². The molecule has 2 saturated carbocycles. The Bertz CT molecular complexity index is 1740. The normalized spacial score (nSPS) is 30.4. The summed E-state index contributed by atoms with van der Waals surface area (Å²) in [4.78, 5) is 60.7. The molecular formula is C32H29BrClN3O5S2. The minimum Gasteiger partial charge on any atom is -0.483 e. The number of likely N-dealkylation sites (tertiary alicyclic amines) is 1. The lowest BCUT2D eigenvalue weighted by Gasteiger charge is -2.43. The molecule has 3 aromatic rings. The van der Waals surface area contributed by atoms with Crippen LogP contribution in [0.25, 0.3) is 0 Å². The summed E-state index contributed by atoms with van der Waals surface area (Å²) in [5.41, 5.74) is 1.41. The van der Waals surface area contributed by atoms with E-state index in [-0.39, 0.29) is 64.0 Å². The molecule has 12 heteroatoms. The number of benzene rings is 2. The van der Waals surface area contributed by atoms with Crippen LogP contribution in [-0.2, 0) is 14.4 Å². The Balaban J connectivity index is 1.16. The third-order valence-electron chi connectivity index (χ3n) is 10.2. The Hall–Kier alpha value is -2.60. The van der Waals surface area contributed by atoms with Gasteiger partial charge in [-0.25, -0.2) is 0 Å². The smallest absolute Gasteiger partial charge is 0.305 e. The number of H-pyrrole nitrogens is 1. The van der Waals surface area contributed by atoms with Gasteiger partial charge in [0.15, 0.2) is 6.61 Å². The van der Waals surface area contributed by atoms with Crippen molar-refractivity contribution in [1.29, 1.82) is 0 Å². The number of carbonyl (C=O) groups is 3. The number of anilines is 1. The molecule has 8 rings (SSSR count). The van der Waals surface area contributed by atoms with Gasteiger partial charge in [-0.1, -0.05) is 38.9 Å². The lowest BCUT2D eigenvalue weighted by Crippen LogP contribution is -2.43.